The lowest BCUT2D eigenvalue weighted by atomic mass is 10.0. The number of rotatable bonds is 4. The van der Waals surface area contributed by atoms with Crippen LogP contribution in [0.5, 0.6) is 0 Å². The Bertz CT molecular complexity index is 1400. The molecule has 1 amide bonds. The van der Waals surface area contributed by atoms with Gasteiger partial charge in [-0.2, -0.15) is 0 Å². The van der Waals surface area contributed by atoms with Crippen molar-refractivity contribution in [1.82, 2.24) is 15.0 Å². The summed E-state index contributed by atoms with van der Waals surface area (Å²) in [5, 5.41) is 7.06. The molecule has 1 aromatic carbocycles. The average molecular weight is 478 g/mol. The van der Waals surface area contributed by atoms with Crippen molar-refractivity contribution >= 4 is 38.5 Å². The van der Waals surface area contributed by atoms with Crippen molar-refractivity contribution in [3.8, 4) is 0 Å². The zero-order valence-electron chi connectivity index (χ0n) is 16.9. The summed E-state index contributed by atoms with van der Waals surface area (Å²) in [6, 6.07) is 5.97. The van der Waals surface area contributed by atoms with E-state index < -0.39 is 39.1 Å². The van der Waals surface area contributed by atoms with E-state index in [1.807, 2.05) is 0 Å². The van der Waals surface area contributed by atoms with Gasteiger partial charge in [0.25, 0.3) is 21.9 Å². The molecule has 1 aliphatic heterocycles. The third kappa shape index (κ3) is 4.64. The van der Waals surface area contributed by atoms with Crippen LogP contribution in [-0.2, 0) is 10.0 Å². The van der Waals surface area contributed by atoms with Crippen molar-refractivity contribution in [3.63, 3.8) is 0 Å². The fourth-order valence-corrected chi connectivity index (χ4v) is 3.78. The first-order chi connectivity index (χ1) is 15.4. The van der Waals surface area contributed by atoms with E-state index in [2.05, 4.69) is 26.8 Å². The Morgan fingerprint density at radius 3 is 2.64 bits per heavy atom. The maximum atomic E-state index is 13.9. The van der Waals surface area contributed by atoms with E-state index in [0.717, 1.165) is 24.4 Å². The first-order valence-corrected chi connectivity index (χ1v) is 11.1. The number of aromatic nitrogens is 3. The number of hydrogen-bond donors (Lipinski definition) is 2. The van der Waals surface area contributed by atoms with Gasteiger partial charge in [-0.05, 0) is 18.2 Å². The quantitative estimate of drug-likeness (QED) is 0.551. The second-order valence-corrected chi connectivity index (χ2v) is 8.90. The highest BCUT2D eigenvalue weighted by Gasteiger charge is 2.39. The molecule has 3 aromatic rings. The van der Waals surface area contributed by atoms with Crippen LogP contribution in [0.2, 0.25) is 0 Å². The van der Waals surface area contributed by atoms with E-state index in [-0.39, 0.29) is 46.9 Å². The summed E-state index contributed by atoms with van der Waals surface area (Å²) in [7, 11) is -4.12. The summed E-state index contributed by atoms with van der Waals surface area (Å²) in [5.41, 5.74) is -0.231. The second kappa shape index (κ2) is 8.08. The fraction of sp³-hybridized carbons (Fsp3) is 0.200. The minimum absolute atomic E-state index is 0.00369. The number of halogens is 3. The lowest BCUT2D eigenvalue weighted by Gasteiger charge is -2.34. The van der Waals surface area contributed by atoms with E-state index in [0.29, 0.717) is 0 Å². The van der Waals surface area contributed by atoms with Crippen LogP contribution in [0.4, 0.5) is 24.7 Å². The number of benzene rings is 1. The zero-order chi connectivity index (χ0) is 24.0. The van der Waals surface area contributed by atoms with Gasteiger partial charge in [0, 0.05) is 49.1 Å². The molecule has 13 heteroatoms. The van der Waals surface area contributed by atoms with Crippen LogP contribution in [0.15, 0.2) is 53.7 Å². The lowest BCUT2D eigenvalue weighted by Crippen LogP contribution is -2.42. The van der Waals surface area contributed by atoms with Crippen LogP contribution < -0.4 is 15.4 Å². The van der Waals surface area contributed by atoms with Crippen LogP contribution in [0, 0.1) is 5.82 Å². The van der Waals surface area contributed by atoms with Gasteiger partial charge in [-0.3, -0.25) is 4.79 Å². The van der Waals surface area contributed by atoms with Gasteiger partial charge < -0.3 is 10.2 Å². The Labute approximate surface area is 186 Å². The van der Waals surface area contributed by atoms with Gasteiger partial charge in [0.2, 0.25) is 0 Å². The van der Waals surface area contributed by atoms with E-state index in [9.17, 15) is 26.4 Å². The molecule has 0 spiro atoms. The highest BCUT2D eigenvalue weighted by Crippen LogP contribution is 2.34. The molecule has 9 nitrogen and oxygen atoms in total. The highest BCUT2D eigenvalue weighted by atomic mass is 32.2. The SMILES string of the molecule is C=C1CN(c2nc3ccc(F)cc3nc2C(=O)Nc2ccnc(S(N)(=O)=O)c2)CCC1(F)F. The normalized spacial score (nSPS) is 16.1. The van der Waals surface area contributed by atoms with Gasteiger partial charge in [0.05, 0.1) is 11.0 Å². The predicted molar refractivity (Wildman–Crippen MR) is 114 cm³/mol. The first-order valence-electron chi connectivity index (χ1n) is 9.52. The molecule has 0 aliphatic carbocycles. The van der Waals surface area contributed by atoms with Crippen molar-refractivity contribution in [2.75, 3.05) is 23.3 Å². The summed E-state index contributed by atoms with van der Waals surface area (Å²) in [5.74, 6) is -4.47. The Morgan fingerprint density at radius 2 is 1.94 bits per heavy atom. The molecule has 0 unspecified atom stereocenters. The molecule has 0 radical (unpaired) electrons. The molecule has 0 bridgehead atoms. The van der Waals surface area contributed by atoms with Crippen LogP contribution in [0.1, 0.15) is 16.9 Å². The van der Waals surface area contributed by atoms with E-state index in [1.54, 1.807) is 0 Å². The van der Waals surface area contributed by atoms with Crippen molar-refractivity contribution in [2.45, 2.75) is 17.4 Å². The van der Waals surface area contributed by atoms with Crippen molar-refractivity contribution in [2.24, 2.45) is 5.14 Å². The fourth-order valence-electron chi connectivity index (χ4n) is 3.28. The number of fused-ring (bicyclic) bond motifs is 1. The highest BCUT2D eigenvalue weighted by molar-refractivity contribution is 7.89. The number of nitrogens with two attached hydrogens (primary N) is 1. The minimum atomic E-state index is -4.12. The van der Waals surface area contributed by atoms with Gasteiger partial charge in [0.15, 0.2) is 16.5 Å². The number of nitrogens with zero attached hydrogens (tertiary/aromatic N) is 4. The Hall–Kier alpha value is -3.58. The molecule has 1 fully saturated rings. The molecular formula is C20H17F3N6O3S. The molecule has 3 heterocycles. The van der Waals surface area contributed by atoms with E-state index in [1.165, 1.54) is 17.0 Å². The molecule has 3 N–H and O–H groups in total. The number of primary sulfonamides is 1. The number of amides is 1. The maximum Gasteiger partial charge on any atom is 0.278 e. The number of alkyl halides is 2. The van der Waals surface area contributed by atoms with Crippen LogP contribution >= 0.6 is 0 Å². The summed E-state index contributed by atoms with van der Waals surface area (Å²) < 4.78 is 64.6. The van der Waals surface area contributed by atoms with Gasteiger partial charge in [-0.25, -0.2) is 41.7 Å². The van der Waals surface area contributed by atoms with Gasteiger partial charge >= 0.3 is 0 Å². The molecule has 0 atom stereocenters. The van der Waals surface area contributed by atoms with Crippen molar-refractivity contribution < 1.29 is 26.4 Å². The van der Waals surface area contributed by atoms with Gasteiger partial charge in [-0.1, -0.05) is 6.58 Å². The molecule has 1 aliphatic rings. The standard InChI is InChI=1S/C20H17F3N6O3S/c1-11-10-29(7-5-20(11,22)23)18-17(27-15-8-12(21)2-3-14(15)28-18)19(30)26-13-4-6-25-16(9-13)33(24,31)32/h2-4,6,8-9H,1,5,7,10H2,(H2,24,31,32)(H,25,26,30). The van der Waals surface area contributed by atoms with E-state index >= 15 is 0 Å². The van der Waals surface area contributed by atoms with Crippen LogP contribution in [-0.4, -0.2) is 48.3 Å². The topological polar surface area (TPSA) is 131 Å². The lowest BCUT2D eigenvalue weighted by molar-refractivity contribution is 0.0255. The molecule has 33 heavy (non-hydrogen) atoms. The van der Waals surface area contributed by atoms with Gasteiger partial charge in [-0.15, -0.1) is 0 Å². The summed E-state index contributed by atoms with van der Waals surface area (Å²) >= 11 is 0. The zero-order valence-corrected chi connectivity index (χ0v) is 17.7. The number of pyridine rings is 1. The number of sulfonamides is 1. The third-order valence-electron chi connectivity index (χ3n) is 5.00. The van der Waals surface area contributed by atoms with Crippen molar-refractivity contribution in [3.05, 3.63) is 60.2 Å². The minimum Gasteiger partial charge on any atom is -0.350 e. The Kier molecular flexibility index (Phi) is 5.54. The molecule has 4 rings (SSSR count). The second-order valence-electron chi connectivity index (χ2n) is 7.39. The number of piperidine rings is 1. The number of hydrogen-bond acceptors (Lipinski definition) is 7. The monoisotopic (exact) mass is 478 g/mol. The summed E-state index contributed by atoms with van der Waals surface area (Å²) in [6.45, 7) is 3.04. The predicted octanol–water partition coefficient (Wildman–Crippen LogP) is 2.47. The molecule has 2 aromatic heterocycles. The first kappa shape index (κ1) is 22.6. The molecule has 1 saturated heterocycles. The Balaban J connectivity index is 1.76. The third-order valence-corrected chi connectivity index (χ3v) is 5.81. The molecule has 172 valence electrons. The molecular weight excluding hydrogens is 461 g/mol. The summed E-state index contributed by atoms with van der Waals surface area (Å²) in [6.07, 6.45) is 0.604. The molecule has 0 saturated carbocycles. The van der Waals surface area contributed by atoms with Crippen LogP contribution in [0.25, 0.3) is 11.0 Å². The van der Waals surface area contributed by atoms with Crippen molar-refractivity contribution in [1.29, 1.82) is 0 Å². The van der Waals surface area contributed by atoms with Crippen LogP contribution in [0.3, 0.4) is 0 Å². The largest absolute Gasteiger partial charge is 0.350 e. The number of carbonyl (C=O) groups excluding carboxylic acids is 1. The number of nitrogens with one attached hydrogen (secondary N) is 1. The maximum absolute atomic E-state index is 13.9. The van der Waals surface area contributed by atoms with E-state index in [4.69, 9.17) is 5.14 Å². The number of anilines is 2. The van der Waals surface area contributed by atoms with Gasteiger partial charge in [0.1, 0.15) is 5.82 Å². The average Bonchev–Trinajstić information content (AvgIpc) is 2.74. The Morgan fingerprint density at radius 1 is 1.18 bits per heavy atom. The number of carbonyl (C=O) groups is 1. The smallest absolute Gasteiger partial charge is 0.278 e. The summed E-state index contributed by atoms with van der Waals surface area (Å²) in [4.78, 5) is 26.7.